The molecule has 1 aromatic carbocycles. The minimum atomic E-state index is -0.613. The van der Waals surface area contributed by atoms with Crippen molar-refractivity contribution in [3.63, 3.8) is 0 Å². The number of anilines is 1. The van der Waals surface area contributed by atoms with Gasteiger partial charge >= 0.3 is 0 Å². The van der Waals surface area contributed by atoms with Crippen molar-refractivity contribution in [3.8, 4) is 5.75 Å². The molecule has 0 spiro atoms. The Morgan fingerprint density at radius 2 is 1.80 bits per heavy atom. The molecule has 1 aromatic heterocycles. The van der Waals surface area contributed by atoms with Crippen LogP contribution in [0, 0.1) is 0 Å². The molecular formula is C18H21N3O4. The molecule has 132 valence electrons. The highest BCUT2D eigenvalue weighted by Gasteiger charge is 2.26. The van der Waals surface area contributed by atoms with Crippen molar-refractivity contribution >= 4 is 17.5 Å². The third-order valence-electron chi connectivity index (χ3n) is 4.27. The number of nitrogens with one attached hydrogen (secondary N) is 1. The molecule has 25 heavy (non-hydrogen) atoms. The molecule has 2 amide bonds. The van der Waals surface area contributed by atoms with Crippen LogP contribution in [0.4, 0.5) is 5.69 Å². The second kappa shape index (κ2) is 7.29. The zero-order valence-electron chi connectivity index (χ0n) is 14.0. The molecule has 2 N–H and O–H groups in total. The number of benzene rings is 1. The lowest BCUT2D eigenvalue weighted by atomic mass is 10.2. The summed E-state index contributed by atoms with van der Waals surface area (Å²) in [5, 5.41) is 12.0. The van der Waals surface area contributed by atoms with Crippen LogP contribution in [0.1, 0.15) is 17.5 Å². The molecule has 2 aromatic rings. The number of nitrogens with zero attached hydrogens (tertiary/aromatic N) is 2. The van der Waals surface area contributed by atoms with Crippen LogP contribution in [0.25, 0.3) is 0 Å². The van der Waals surface area contributed by atoms with Crippen molar-refractivity contribution in [1.29, 1.82) is 0 Å². The fourth-order valence-corrected chi connectivity index (χ4v) is 2.86. The lowest BCUT2D eigenvalue weighted by Gasteiger charge is -2.37. The van der Waals surface area contributed by atoms with Crippen molar-refractivity contribution in [2.45, 2.75) is 13.0 Å². The Balaban J connectivity index is 1.52. The minimum absolute atomic E-state index is 0.106. The van der Waals surface area contributed by atoms with E-state index >= 15 is 0 Å². The summed E-state index contributed by atoms with van der Waals surface area (Å²) < 4.78 is 5.03. The van der Waals surface area contributed by atoms with Crippen molar-refractivity contribution in [2.24, 2.45) is 0 Å². The maximum atomic E-state index is 12.5. The number of piperazine rings is 1. The van der Waals surface area contributed by atoms with E-state index in [4.69, 9.17) is 4.42 Å². The number of furan rings is 1. The smallest absolute Gasteiger partial charge is 0.287 e. The number of rotatable bonds is 4. The predicted molar refractivity (Wildman–Crippen MR) is 92.5 cm³/mol. The monoisotopic (exact) mass is 343 g/mol. The summed E-state index contributed by atoms with van der Waals surface area (Å²) in [6.07, 6.45) is 1.42. The van der Waals surface area contributed by atoms with Gasteiger partial charge in [0.1, 0.15) is 11.8 Å². The Kier molecular flexibility index (Phi) is 4.92. The van der Waals surface area contributed by atoms with Gasteiger partial charge in [-0.2, -0.15) is 0 Å². The second-order valence-corrected chi connectivity index (χ2v) is 6.00. The first-order valence-corrected chi connectivity index (χ1v) is 8.22. The summed E-state index contributed by atoms with van der Waals surface area (Å²) in [5.74, 6) is -0.0747. The van der Waals surface area contributed by atoms with E-state index in [9.17, 15) is 14.7 Å². The second-order valence-electron chi connectivity index (χ2n) is 6.00. The van der Waals surface area contributed by atoms with Gasteiger partial charge in [0.2, 0.25) is 5.91 Å². The predicted octanol–water partition coefficient (Wildman–Crippen LogP) is 1.45. The lowest BCUT2D eigenvalue weighted by Crippen LogP contribution is -2.54. The molecule has 1 unspecified atom stereocenters. The molecule has 3 rings (SSSR count). The van der Waals surface area contributed by atoms with Gasteiger partial charge in [-0.3, -0.25) is 9.59 Å². The van der Waals surface area contributed by atoms with Crippen molar-refractivity contribution < 1.29 is 19.1 Å². The molecule has 2 heterocycles. The van der Waals surface area contributed by atoms with Crippen molar-refractivity contribution in [3.05, 3.63) is 48.4 Å². The van der Waals surface area contributed by atoms with Crippen LogP contribution in [-0.2, 0) is 4.79 Å². The number of carbonyl (C=O) groups excluding carboxylic acids is 2. The van der Waals surface area contributed by atoms with Crippen LogP contribution in [0.3, 0.4) is 0 Å². The lowest BCUT2D eigenvalue weighted by molar-refractivity contribution is -0.133. The number of phenolic OH excluding ortho intramolecular Hbond substituents is 1. The molecule has 7 nitrogen and oxygen atoms in total. The summed E-state index contributed by atoms with van der Waals surface area (Å²) >= 11 is 0. The molecule has 0 radical (unpaired) electrons. The number of aromatic hydroxyl groups is 1. The zero-order valence-corrected chi connectivity index (χ0v) is 14.0. The summed E-state index contributed by atoms with van der Waals surface area (Å²) in [4.78, 5) is 28.4. The minimum Gasteiger partial charge on any atom is -0.508 e. The zero-order chi connectivity index (χ0) is 17.8. The van der Waals surface area contributed by atoms with E-state index in [1.807, 2.05) is 12.1 Å². The first kappa shape index (κ1) is 16.9. The normalized spacial score (nSPS) is 15.7. The highest BCUT2D eigenvalue weighted by Crippen LogP contribution is 2.20. The third-order valence-corrected chi connectivity index (χ3v) is 4.27. The Hall–Kier alpha value is -2.96. The fourth-order valence-electron chi connectivity index (χ4n) is 2.86. The maximum Gasteiger partial charge on any atom is 0.287 e. The average molecular weight is 343 g/mol. The van der Waals surface area contributed by atoms with E-state index in [0.717, 1.165) is 5.69 Å². The van der Waals surface area contributed by atoms with Gasteiger partial charge in [0, 0.05) is 31.9 Å². The van der Waals surface area contributed by atoms with Crippen molar-refractivity contribution in [2.75, 3.05) is 31.1 Å². The SMILES string of the molecule is CC(NC(=O)c1ccco1)C(=O)N1CCN(c2ccc(O)cc2)CC1. The summed E-state index contributed by atoms with van der Waals surface area (Å²) in [5.41, 5.74) is 1.02. The first-order valence-electron chi connectivity index (χ1n) is 8.22. The highest BCUT2D eigenvalue weighted by molar-refractivity contribution is 5.95. The van der Waals surface area contributed by atoms with Crippen LogP contribution in [0.2, 0.25) is 0 Å². The largest absolute Gasteiger partial charge is 0.508 e. The van der Waals surface area contributed by atoms with Crippen LogP contribution in [-0.4, -0.2) is 54.0 Å². The summed E-state index contributed by atoms with van der Waals surface area (Å²) in [7, 11) is 0. The molecule has 0 bridgehead atoms. The Bertz CT molecular complexity index is 719. The number of hydrogen-bond donors (Lipinski definition) is 2. The number of phenols is 1. The van der Waals surface area contributed by atoms with Gasteiger partial charge in [-0.15, -0.1) is 0 Å². The molecule has 1 aliphatic heterocycles. The van der Waals surface area contributed by atoms with E-state index < -0.39 is 11.9 Å². The number of hydrogen-bond acceptors (Lipinski definition) is 5. The Morgan fingerprint density at radius 3 is 2.40 bits per heavy atom. The van der Waals surface area contributed by atoms with E-state index in [1.165, 1.54) is 6.26 Å². The Labute approximate surface area is 145 Å². The van der Waals surface area contributed by atoms with E-state index in [-0.39, 0.29) is 17.4 Å². The molecule has 0 aliphatic carbocycles. The molecule has 1 fully saturated rings. The van der Waals surface area contributed by atoms with Gasteiger partial charge in [0.25, 0.3) is 5.91 Å². The van der Waals surface area contributed by atoms with E-state index in [2.05, 4.69) is 10.2 Å². The summed E-state index contributed by atoms with van der Waals surface area (Å²) in [6, 6.07) is 9.60. The van der Waals surface area contributed by atoms with Gasteiger partial charge < -0.3 is 24.6 Å². The van der Waals surface area contributed by atoms with Crippen LogP contribution < -0.4 is 10.2 Å². The van der Waals surface area contributed by atoms with E-state index in [0.29, 0.717) is 26.2 Å². The van der Waals surface area contributed by atoms with Crippen molar-refractivity contribution in [1.82, 2.24) is 10.2 Å². The van der Waals surface area contributed by atoms with E-state index in [1.54, 1.807) is 36.1 Å². The molecule has 1 saturated heterocycles. The topological polar surface area (TPSA) is 86.0 Å². The van der Waals surface area contributed by atoms with Gasteiger partial charge in [-0.05, 0) is 43.3 Å². The fraction of sp³-hybridized carbons (Fsp3) is 0.333. The molecule has 1 aliphatic rings. The number of amides is 2. The van der Waals surface area contributed by atoms with Crippen LogP contribution >= 0.6 is 0 Å². The molecule has 1 atom stereocenters. The average Bonchev–Trinajstić information content (AvgIpc) is 3.17. The van der Waals surface area contributed by atoms with Gasteiger partial charge in [0.15, 0.2) is 5.76 Å². The van der Waals surface area contributed by atoms with Crippen LogP contribution in [0.5, 0.6) is 5.75 Å². The molecular weight excluding hydrogens is 322 g/mol. The molecule has 0 saturated carbocycles. The Morgan fingerprint density at radius 1 is 1.12 bits per heavy atom. The first-order chi connectivity index (χ1) is 12.0. The standard InChI is InChI=1S/C18H21N3O4/c1-13(19-17(23)16-3-2-12-25-16)18(24)21-10-8-20(9-11-21)14-4-6-15(22)7-5-14/h2-7,12-13,22H,8-11H2,1H3,(H,19,23). The highest BCUT2D eigenvalue weighted by atomic mass is 16.3. The van der Waals surface area contributed by atoms with Gasteiger partial charge in [-0.1, -0.05) is 0 Å². The third kappa shape index (κ3) is 3.93. The van der Waals surface area contributed by atoms with Crippen LogP contribution in [0.15, 0.2) is 47.1 Å². The maximum absolute atomic E-state index is 12.5. The summed E-state index contributed by atoms with van der Waals surface area (Å²) in [6.45, 7) is 4.25. The number of carbonyl (C=O) groups is 2. The molecule has 7 heteroatoms. The van der Waals surface area contributed by atoms with Gasteiger partial charge in [-0.25, -0.2) is 0 Å². The van der Waals surface area contributed by atoms with Gasteiger partial charge in [0.05, 0.1) is 6.26 Å². The quantitative estimate of drug-likeness (QED) is 0.878.